The Labute approximate surface area is 121 Å². The third kappa shape index (κ3) is 2.94. The van der Waals surface area contributed by atoms with E-state index in [1.807, 2.05) is 27.7 Å². The van der Waals surface area contributed by atoms with E-state index in [-0.39, 0.29) is 5.75 Å². The molecule has 1 atom stereocenters. The second-order valence-electron chi connectivity index (χ2n) is 6.02. The SMILES string of the molecule is CS(=O)Cc1cc(B2OC(C)(C)C(C)(C)O2)cnc1F. The standard InChI is InChI=1S/C13H19BFNO3S/c1-12(2)13(3,4)19-14(18-12)10-6-9(8-20(5)17)11(15)16-7-10/h6-7H,8H2,1-5H3. The smallest absolute Gasteiger partial charge is 0.399 e. The first-order valence-corrected chi connectivity index (χ1v) is 8.15. The van der Waals surface area contributed by atoms with Crippen molar-refractivity contribution in [2.75, 3.05) is 6.26 Å². The number of hydrogen-bond donors (Lipinski definition) is 0. The molecular formula is C13H19BFNO3S. The van der Waals surface area contributed by atoms with Crippen molar-refractivity contribution in [3.05, 3.63) is 23.8 Å². The normalized spacial score (nSPS) is 22.0. The highest BCUT2D eigenvalue weighted by Gasteiger charge is 2.51. The van der Waals surface area contributed by atoms with Crippen LogP contribution in [-0.4, -0.2) is 33.8 Å². The van der Waals surface area contributed by atoms with E-state index in [9.17, 15) is 8.60 Å². The summed E-state index contributed by atoms with van der Waals surface area (Å²) in [7, 11) is -1.71. The molecule has 0 radical (unpaired) electrons. The summed E-state index contributed by atoms with van der Waals surface area (Å²) in [6.07, 6.45) is 2.93. The molecule has 1 saturated heterocycles. The van der Waals surface area contributed by atoms with Crippen molar-refractivity contribution in [3.63, 3.8) is 0 Å². The quantitative estimate of drug-likeness (QED) is 0.625. The van der Waals surface area contributed by atoms with Crippen LogP contribution in [0.15, 0.2) is 12.3 Å². The first kappa shape index (κ1) is 15.6. The lowest BCUT2D eigenvalue weighted by molar-refractivity contribution is 0.00578. The van der Waals surface area contributed by atoms with Crippen molar-refractivity contribution in [1.82, 2.24) is 4.98 Å². The Morgan fingerprint density at radius 1 is 1.30 bits per heavy atom. The van der Waals surface area contributed by atoms with Gasteiger partial charge in [0.1, 0.15) is 0 Å². The van der Waals surface area contributed by atoms with Gasteiger partial charge in [-0.15, -0.1) is 0 Å². The van der Waals surface area contributed by atoms with Gasteiger partial charge in [0.05, 0.1) is 17.0 Å². The Bertz CT molecular complexity index is 534. The fourth-order valence-corrected chi connectivity index (χ4v) is 2.58. The second-order valence-corrected chi connectivity index (χ2v) is 7.46. The Morgan fingerprint density at radius 3 is 2.35 bits per heavy atom. The van der Waals surface area contributed by atoms with Crippen molar-refractivity contribution in [2.45, 2.75) is 44.6 Å². The Balaban J connectivity index is 2.29. The zero-order chi connectivity index (χ0) is 15.1. The summed E-state index contributed by atoms with van der Waals surface area (Å²) in [5.74, 6) is -0.466. The van der Waals surface area contributed by atoms with Crippen LogP contribution in [0.25, 0.3) is 0 Å². The lowest BCUT2D eigenvalue weighted by Crippen LogP contribution is -2.41. The molecule has 1 unspecified atom stereocenters. The lowest BCUT2D eigenvalue weighted by Gasteiger charge is -2.32. The highest BCUT2D eigenvalue weighted by Crippen LogP contribution is 2.36. The van der Waals surface area contributed by atoms with Gasteiger partial charge in [-0.3, -0.25) is 4.21 Å². The minimum absolute atomic E-state index is 0.131. The van der Waals surface area contributed by atoms with Crippen molar-refractivity contribution >= 4 is 23.4 Å². The van der Waals surface area contributed by atoms with Gasteiger partial charge in [-0.05, 0) is 27.7 Å². The highest BCUT2D eigenvalue weighted by atomic mass is 32.2. The number of aromatic nitrogens is 1. The molecule has 0 aromatic carbocycles. The van der Waals surface area contributed by atoms with Crippen molar-refractivity contribution < 1.29 is 17.9 Å². The van der Waals surface area contributed by atoms with Crippen LogP contribution < -0.4 is 5.46 Å². The average Bonchev–Trinajstić information content (AvgIpc) is 2.50. The summed E-state index contributed by atoms with van der Waals surface area (Å²) in [4.78, 5) is 3.71. The summed E-state index contributed by atoms with van der Waals surface area (Å²) < 4.78 is 36.6. The Morgan fingerprint density at radius 2 is 1.85 bits per heavy atom. The fraction of sp³-hybridized carbons (Fsp3) is 0.615. The van der Waals surface area contributed by atoms with Crippen LogP contribution in [0.1, 0.15) is 33.3 Å². The van der Waals surface area contributed by atoms with E-state index in [0.717, 1.165) is 0 Å². The van der Waals surface area contributed by atoms with Gasteiger partial charge in [0.25, 0.3) is 0 Å². The molecule has 110 valence electrons. The van der Waals surface area contributed by atoms with Crippen LogP contribution in [-0.2, 0) is 25.9 Å². The molecule has 20 heavy (non-hydrogen) atoms. The van der Waals surface area contributed by atoms with Crippen LogP contribution in [0.2, 0.25) is 0 Å². The maximum atomic E-state index is 13.6. The third-order valence-electron chi connectivity index (χ3n) is 3.82. The first-order chi connectivity index (χ1) is 9.12. The fourth-order valence-electron chi connectivity index (χ4n) is 1.94. The number of pyridine rings is 1. The Hall–Kier alpha value is -0.785. The van der Waals surface area contributed by atoms with Crippen LogP contribution in [0.3, 0.4) is 0 Å². The molecular weight excluding hydrogens is 280 g/mol. The van der Waals surface area contributed by atoms with Gasteiger partial charge in [-0.2, -0.15) is 4.39 Å². The molecule has 7 heteroatoms. The number of hydrogen-bond acceptors (Lipinski definition) is 4. The molecule has 0 N–H and O–H groups in total. The first-order valence-electron chi connectivity index (χ1n) is 6.42. The summed E-state index contributed by atoms with van der Waals surface area (Å²) in [5.41, 5.74) is 0.0445. The van der Waals surface area contributed by atoms with Gasteiger partial charge in [-0.1, -0.05) is 6.07 Å². The molecule has 2 rings (SSSR count). The van der Waals surface area contributed by atoms with Gasteiger partial charge in [-0.25, -0.2) is 4.98 Å². The molecule has 1 aliphatic heterocycles. The topological polar surface area (TPSA) is 48.4 Å². The Kier molecular flexibility index (Phi) is 4.06. The molecule has 1 fully saturated rings. The number of rotatable bonds is 3. The lowest BCUT2D eigenvalue weighted by atomic mass is 9.80. The zero-order valence-corrected chi connectivity index (χ0v) is 13.2. The molecule has 0 amide bonds. The van der Waals surface area contributed by atoms with Gasteiger partial charge >= 0.3 is 7.12 Å². The van der Waals surface area contributed by atoms with Crippen LogP contribution in [0.4, 0.5) is 4.39 Å². The van der Waals surface area contributed by atoms with Gasteiger partial charge in [0.15, 0.2) is 0 Å². The van der Waals surface area contributed by atoms with Crippen molar-refractivity contribution in [3.8, 4) is 0 Å². The van der Waals surface area contributed by atoms with E-state index in [1.54, 1.807) is 6.07 Å². The molecule has 0 saturated carbocycles. The molecule has 0 bridgehead atoms. The average molecular weight is 299 g/mol. The minimum atomic E-state index is -1.13. The van der Waals surface area contributed by atoms with Crippen LogP contribution in [0.5, 0.6) is 0 Å². The summed E-state index contributed by atoms with van der Waals surface area (Å²) in [5, 5.41) is 0. The maximum Gasteiger partial charge on any atom is 0.496 e. The largest absolute Gasteiger partial charge is 0.496 e. The molecule has 0 spiro atoms. The van der Waals surface area contributed by atoms with E-state index in [2.05, 4.69) is 4.98 Å². The summed E-state index contributed by atoms with van der Waals surface area (Å²) in [6, 6.07) is 1.62. The predicted octanol–water partition coefficient (Wildman–Crippen LogP) is 1.40. The molecule has 1 aromatic rings. The van der Waals surface area contributed by atoms with E-state index >= 15 is 0 Å². The zero-order valence-electron chi connectivity index (χ0n) is 12.4. The molecule has 4 nitrogen and oxygen atoms in total. The number of nitrogens with zero attached hydrogens (tertiary/aromatic N) is 1. The minimum Gasteiger partial charge on any atom is -0.399 e. The van der Waals surface area contributed by atoms with Crippen molar-refractivity contribution in [2.24, 2.45) is 0 Å². The maximum absolute atomic E-state index is 13.6. The van der Waals surface area contributed by atoms with E-state index < -0.39 is 35.1 Å². The van der Waals surface area contributed by atoms with E-state index in [1.165, 1.54) is 12.5 Å². The van der Waals surface area contributed by atoms with Gasteiger partial charge < -0.3 is 9.31 Å². The summed E-state index contributed by atoms with van der Waals surface area (Å²) in [6.45, 7) is 7.80. The predicted molar refractivity (Wildman–Crippen MR) is 77.7 cm³/mol. The molecule has 0 aliphatic carbocycles. The third-order valence-corrected chi connectivity index (χ3v) is 4.53. The molecule has 1 aromatic heterocycles. The van der Waals surface area contributed by atoms with E-state index in [0.29, 0.717) is 11.0 Å². The molecule has 2 heterocycles. The van der Waals surface area contributed by atoms with Crippen LogP contribution >= 0.6 is 0 Å². The van der Waals surface area contributed by atoms with Crippen LogP contribution in [0, 0.1) is 5.95 Å². The monoisotopic (exact) mass is 299 g/mol. The second kappa shape index (κ2) is 5.20. The van der Waals surface area contributed by atoms with Gasteiger partial charge in [0, 0.05) is 34.3 Å². The molecule has 1 aliphatic rings. The highest BCUT2D eigenvalue weighted by molar-refractivity contribution is 7.83. The number of halogens is 1. The van der Waals surface area contributed by atoms with Crippen molar-refractivity contribution in [1.29, 1.82) is 0 Å². The summed E-state index contributed by atoms with van der Waals surface area (Å²) >= 11 is 0. The van der Waals surface area contributed by atoms with Gasteiger partial charge in [0.2, 0.25) is 5.95 Å². The van der Waals surface area contributed by atoms with E-state index in [4.69, 9.17) is 9.31 Å².